The van der Waals surface area contributed by atoms with Gasteiger partial charge >= 0.3 is 0 Å². The number of hydrogen-bond donors (Lipinski definition) is 0. The van der Waals surface area contributed by atoms with Crippen molar-refractivity contribution in [3.63, 3.8) is 0 Å². The van der Waals surface area contributed by atoms with E-state index in [9.17, 15) is 0 Å². The number of aromatic nitrogens is 4. The van der Waals surface area contributed by atoms with Gasteiger partial charge in [0.25, 0.3) is 11.5 Å². The van der Waals surface area contributed by atoms with Crippen LogP contribution in [0.2, 0.25) is 0 Å². The number of benzene rings is 2. The van der Waals surface area contributed by atoms with E-state index in [1.54, 1.807) is 0 Å². The molecule has 0 saturated carbocycles. The normalized spacial score (nSPS) is 12.7. The molecule has 26 heavy (non-hydrogen) atoms. The first-order valence-corrected chi connectivity index (χ1v) is 8.85. The molecule has 0 radical (unpaired) electrons. The molecule has 0 amide bonds. The van der Waals surface area contributed by atoms with Crippen molar-refractivity contribution in [2.45, 2.75) is 6.54 Å². The van der Waals surface area contributed by atoms with Crippen molar-refractivity contribution < 1.29 is 4.57 Å². The lowest BCUT2D eigenvalue weighted by molar-refractivity contribution is -0.645. The topological polar surface area (TPSA) is 26.6 Å². The second-order valence-corrected chi connectivity index (χ2v) is 6.86. The van der Waals surface area contributed by atoms with Crippen LogP contribution in [0.3, 0.4) is 0 Å². The van der Waals surface area contributed by atoms with Crippen LogP contribution in [0.1, 0.15) is 5.56 Å². The minimum atomic E-state index is 0.906. The van der Waals surface area contributed by atoms with Gasteiger partial charge in [0.15, 0.2) is 0 Å². The number of para-hydroxylation sites is 1. The van der Waals surface area contributed by atoms with E-state index in [4.69, 9.17) is 0 Å². The average Bonchev–Trinajstić information content (AvgIpc) is 3.31. The van der Waals surface area contributed by atoms with Gasteiger partial charge in [-0.3, -0.25) is 4.98 Å². The zero-order valence-electron chi connectivity index (χ0n) is 14.4. The van der Waals surface area contributed by atoms with Crippen molar-refractivity contribution in [2.75, 3.05) is 0 Å². The summed E-state index contributed by atoms with van der Waals surface area (Å²) in [5.74, 6) is 1.26. The predicted molar refractivity (Wildman–Crippen MR) is 102 cm³/mol. The summed E-state index contributed by atoms with van der Waals surface area (Å²) < 4.78 is 7.11. The number of rotatable bonds is 1. The number of hydrogen-bond acceptors (Lipinski definition) is 1. The minimum absolute atomic E-state index is 0.906. The van der Waals surface area contributed by atoms with Crippen molar-refractivity contribution in [1.82, 2.24) is 14.1 Å². The molecule has 6 rings (SSSR count). The quantitative estimate of drug-likeness (QED) is 0.419. The summed E-state index contributed by atoms with van der Waals surface area (Å²) in [5.41, 5.74) is 7.52. The van der Waals surface area contributed by atoms with Crippen LogP contribution >= 0.6 is 0 Å². The Hall–Kier alpha value is -3.40. The molecule has 4 nitrogen and oxygen atoms in total. The molecule has 0 aliphatic carbocycles. The third-order valence-electron chi connectivity index (χ3n) is 5.50. The van der Waals surface area contributed by atoms with E-state index in [0.29, 0.717) is 0 Å². The standard InChI is InChI=1S/C22H17N4/c1-24-19-13-23-12-11-18(19)20-22(24)26(16-8-3-2-4-9-16)21-17-10-6-5-7-15(17)14-25(20)21/h2-13H,14H2,1H3/q+1. The van der Waals surface area contributed by atoms with E-state index in [-0.39, 0.29) is 0 Å². The summed E-state index contributed by atoms with van der Waals surface area (Å²) in [6.45, 7) is 0.906. The fourth-order valence-corrected chi connectivity index (χ4v) is 4.38. The Labute approximate surface area is 150 Å². The van der Waals surface area contributed by atoms with Crippen LogP contribution in [-0.2, 0) is 13.6 Å². The monoisotopic (exact) mass is 337 g/mol. The Morgan fingerprint density at radius 2 is 1.77 bits per heavy atom. The van der Waals surface area contributed by atoms with Crippen LogP contribution in [0.4, 0.5) is 0 Å². The molecule has 5 aromatic rings. The minimum Gasteiger partial charge on any atom is -0.306 e. The van der Waals surface area contributed by atoms with Crippen LogP contribution < -0.4 is 4.57 Å². The van der Waals surface area contributed by atoms with Crippen molar-refractivity contribution in [3.05, 3.63) is 78.6 Å². The summed E-state index contributed by atoms with van der Waals surface area (Å²) in [5, 5.41) is 1.25. The molecule has 4 heteroatoms. The lowest BCUT2D eigenvalue weighted by Gasteiger charge is -2.03. The summed E-state index contributed by atoms with van der Waals surface area (Å²) in [4.78, 5) is 4.34. The van der Waals surface area contributed by atoms with Crippen LogP contribution in [0.15, 0.2) is 73.1 Å². The fourth-order valence-electron chi connectivity index (χ4n) is 4.38. The lowest BCUT2D eigenvalue weighted by atomic mass is 10.1. The maximum atomic E-state index is 4.34. The Kier molecular flexibility index (Phi) is 2.57. The van der Waals surface area contributed by atoms with E-state index in [1.807, 2.05) is 12.4 Å². The van der Waals surface area contributed by atoms with Gasteiger partial charge in [-0.1, -0.05) is 36.4 Å². The number of pyridine rings is 1. The Morgan fingerprint density at radius 1 is 0.962 bits per heavy atom. The zero-order chi connectivity index (χ0) is 17.3. The number of aryl methyl sites for hydroxylation is 1. The maximum absolute atomic E-state index is 4.34. The molecule has 3 aromatic heterocycles. The van der Waals surface area contributed by atoms with Gasteiger partial charge in [0.05, 0.1) is 22.7 Å². The van der Waals surface area contributed by atoms with Crippen LogP contribution in [-0.4, -0.2) is 14.1 Å². The van der Waals surface area contributed by atoms with E-state index in [2.05, 4.69) is 86.4 Å². The smallest absolute Gasteiger partial charge is 0.297 e. The first kappa shape index (κ1) is 13.8. The summed E-state index contributed by atoms with van der Waals surface area (Å²) in [6, 6.07) is 21.5. The summed E-state index contributed by atoms with van der Waals surface area (Å²) in [6.07, 6.45) is 3.84. The Bertz CT molecular complexity index is 1310. The van der Waals surface area contributed by atoms with Crippen molar-refractivity contribution in [1.29, 1.82) is 0 Å². The molecule has 1 aliphatic rings. The van der Waals surface area contributed by atoms with Crippen molar-refractivity contribution in [3.8, 4) is 17.1 Å². The van der Waals surface area contributed by atoms with Gasteiger partial charge < -0.3 is 4.57 Å². The third-order valence-corrected chi connectivity index (χ3v) is 5.50. The predicted octanol–water partition coefficient (Wildman–Crippen LogP) is 3.83. The average molecular weight is 337 g/mol. The molecule has 124 valence electrons. The van der Waals surface area contributed by atoms with Crippen LogP contribution in [0, 0.1) is 0 Å². The molecule has 0 saturated heterocycles. The molecule has 4 heterocycles. The van der Waals surface area contributed by atoms with Crippen molar-refractivity contribution in [2.24, 2.45) is 7.05 Å². The lowest BCUT2D eigenvalue weighted by Crippen LogP contribution is -2.31. The number of nitrogens with zero attached hydrogens (tertiary/aromatic N) is 4. The van der Waals surface area contributed by atoms with Gasteiger partial charge in [0.2, 0.25) is 5.52 Å². The van der Waals surface area contributed by atoms with E-state index < -0.39 is 0 Å². The first-order chi connectivity index (χ1) is 12.8. The zero-order valence-corrected chi connectivity index (χ0v) is 14.4. The van der Waals surface area contributed by atoms with Gasteiger partial charge in [-0.15, -0.1) is 0 Å². The maximum Gasteiger partial charge on any atom is 0.297 e. The highest BCUT2D eigenvalue weighted by Gasteiger charge is 2.37. The number of imidazole rings is 1. The molecular formula is C22H17N4+. The molecule has 0 N–H and O–H groups in total. The molecule has 1 aliphatic heterocycles. The number of fused-ring (bicyclic) bond motifs is 7. The Balaban J connectivity index is 1.87. The molecular weight excluding hydrogens is 320 g/mol. The molecule has 0 atom stereocenters. The molecule has 2 aromatic carbocycles. The third kappa shape index (κ3) is 1.59. The van der Waals surface area contributed by atoms with Gasteiger partial charge in [-0.25, -0.2) is 4.57 Å². The summed E-state index contributed by atoms with van der Waals surface area (Å²) in [7, 11) is 2.13. The van der Waals surface area contributed by atoms with Gasteiger partial charge in [0.1, 0.15) is 12.2 Å². The highest BCUT2D eigenvalue weighted by molar-refractivity contribution is 6.04. The van der Waals surface area contributed by atoms with Crippen LogP contribution in [0.5, 0.6) is 0 Å². The van der Waals surface area contributed by atoms with Gasteiger partial charge in [-0.2, -0.15) is 4.57 Å². The van der Waals surface area contributed by atoms with E-state index >= 15 is 0 Å². The molecule has 0 spiro atoms. The fraction of sp³-hybridized carbons (Fsp3) is 0.0909. The largest absolute Gasteiger partial charge is 0.306 e. The molecule has 0 fully saturated rings. The summed E-state index contributed by atoms with van der Waals surface area (Å²) >= 11 is 0. The van der Waals surface area contributed by atoms with E-state index in [0.717, 1.165) is 12.1 Å². The Morgan fingerprint density at radius 3 is 2.65 bits per heavy atom. The SMILES string of the molecule is Cn1c2cnccc2c2c1n(-c1ccccc1)c1[n+]2Cc2ccccc2-1. The highest BCUT2D eigenvalue weighted by atomic mass is 15.3. The van der Waals surface area contributed by atoms with Gasteiger partial charge in [0, 0.05) is 18.8 Å². The highest BCUT2D eigenvalue weighted by Crippen LogP contribution is 2.37. The second-order valence-electron chi connectivity index (χ2n) is 6.86. The van der Waals surface area contributed by atoms with Gasteiger partial charge in [-0.05, 0) is 24.3 Å². The van der Waals surface area contributed by atoms with Crippen molar-refractivity contribution >= 4 is 22.1 Å². The molecule has 0 bridgehead atoms. The van der Waals surface area contributed by atoms with E-state index in [1.165, 1.54) is 39.2 Å². The first-order valence-electron chi connectivity index (χ1n) is 8.85. The molecule has 0 unspecified atom stereocenters. The second kappa shape index (κ2) is 4.82. The van der Waals surface area contributed by atoms with Crippen LogP contribution in [0.25, 0.3) is 39.1 Å².